The van der Waals surface area contributed by atoms with E-state index in [-0.39, 0.29) is 0 Å². The summed E-state index contributed by atoms with van der Waals surface area (Å²) in [5, 5.41) is 0. The van der Waals surface area contributed by atoms with Crippen molar-refractivity contribution >= 4 is 21.4 Å². The van der Waals surface area contributed by atoms with Crippen LogP contribution < -0.4 is 10.5 Å². The van der Waals surface area contributed by atoms with Crippen LogP contribution in [0.15, 0.2) is 10.3 Å². The van der Waals surface area contributed by atoms with Gasteiger partial charge >= 0.3 is 0 Å². The highest BCUT2D eigenvalue weighted by Crippen LogP contribution is 2.25. The van der Waals surface area contributed by atoms with Crippen LogP contribution in [0.3, 0.4) is 0 Å². The summed E-state index contributed by atoms with van der Waals surface area (Å²) in [6, 6.07) is 1.69. The van der Waals surface area contributed by atoms with Gasteiger partial charge in [-0.25, -0.2) is 13.1 Å². The summed E-state index contributed by atoms with van der Waals surface area (Å²) < 4.78 is 27.0. The number of aryl methyl sites for hydroxylation is 1. The monoisotopic (exact) mass is 290 g/mol. The highest BCUT2D eigenvalue weighted by atomic mass is 32.2. The lowest BCUT2D eigenvalue weighted by molar-refractivity contribution is 0.540. The lowest BCUT2D eigenvalue weighted by Crippen LogP contribution is -2.24. The Morgan fingerprint density at radius 1 is 1.44 bits per heavy atom. The molecule has 0 fully saturated rings. The maximum absolute atomic E-state index is 12.0. The molecule has 0 bridgehead atoms. The van der Waals surface area contributed by atoms with Crippen molar-refractivity contribution in [2.75, 3.05) is 6.54 Å². The Kier molecular flexibility index (Phi) is 5.78. The molecular weight excluding hydrogens is 268 g/mol. The molecule has 4 nitrogen and oxygen atoms in total. The van der Waals surface area contributed by atoms with Crippen LogP contribution in [0.1, 0.15) is 37.1 Å². The van der Waals surface area contributed by atoms with Crippen molar-refractivity contribution in [3.8, 4) is 0 Å². The van der Waals surface area contributed by atoms with E-state index in [0.717, 1.165) is 23.3 Å². The summed E-state index contributed by atoms with van der Waals surface area (Å²) in [7, 11) is -3.36. The number of thiophene rings is 1. The van der Waals surface area contributed by atoms with Gasteiger partial charge in [-0.2, -0.15) is 0 Å². The number of hydrogen-bond donors (Lipinski definition) is 2. The summed E-state index contributed by atoms with van der Waals surface area (Å²) >= 11 is 1.26. The van der Waals surface area contributed by atoms with E-state index in [1.807, 2.05) is 6.92 Å². The second-order valence-corrected chi connectivity index (χ2v) is 7.94. The van der Waals surface area contributed by atoms with E-state index < -0.39 is 10.0 Å². The number of nitrogens with one attached hydrogen (secondary N) is 1. The zero-order valence-corrected chi connectivity index (χ0v) is 12.8. The molecule has 0 atom stereocenters. The van der Waals surface area contributed by atoms with Gasteiger partial charge in [0.15, 0.2) is 0 Å². The van der Waals surface area contributed by atoms with Gasteiger partial charge in [0, 0.05) is 18.0 Å². The van der Waals surface area contributed by atoms with Gasteiger partial charge in [-0.15, -0.1) is 11.3 Å². The largest absolute Gasteiger partial charge is 0.326 e. The number of hydrogen-bond acceptors (Lipinski definition) is 4. The van der Waals surface area contributed by atoms with Gasteiger partial charge < -0.3 is 5.73 Å². The summed E-state index contributed by atoms with van der Waals surface area (Å²) in [5.41, 5.74) is 6.51. The quantitative estimate of drug-likeness (QED) is 0.756. The maximum Gasteiger partial charge on any atom is 0.250 e. The van der Waals surface area contributed by atoms with Gasteiger partial charge in [-0.05, 0) is 37.3 Å². The molecule has 18 heavy (non-hydrogen) atoms. The van der Waals surface area contributed by atoms with Gasteiger partial charge in [-0.1, -0.05) is 13.8 Å². The lowest BCUT2D eigenvalue weighted by atomic mass is 10.1. The van der Waals surface area contributed by atoms with E-state index in [2.05, 4.69) is 18.6 Å². The van der Waals surface area contributed by atoms with Crippen molar-refractivity contribution < 1.29 is 8.42 Å². The highest BCUT2D eigenvalue weighted by molar-refractivity contribution is 7.91. The van der Waals surface area contributed by atoms with Crippen molar-refractivity contribution in [3.63, 3.8) is 0 Å². The minimum atomic E-state index is -3.36. The fourth-order valence-corrected chi connectivity index (χ4v) is 4.20. The molecule has 0 aliphatic carbocycles. The first-order chi connectivity index (χ1) is 8.36. The average molecular weight is 290 g/mol. The van der Waals surface area contributed by atoms with E-state index in [0.29, 0.717) is 23.2 Å². The van der Waals surface area contributed by atoms with Crippen LogP contribution in [0, 0.1) is 12.8 Å². The second-order valence-electron chi connectivity index (χ2n) is 4.81. The molecule has 0 radical (unpaired) electrons. The van der Waals surface area contributed by atoms with Crippen LogP contribution >= 0.6 is 11.3 Å². The number of rotatable bonds is 7. The number of nitrogens with two attached hydrogens (primary N) is 1. The summed E-state index contributed by atoms with van der Waals surface area (Å²) in [6.45, 7) is 7.03. The molecule has 3 N–H and O–H groups in total. The van der Waals surface area contributed by atoms with Crippen LogP contribution in [-0.4, -0.2) is 15.0 Å². The summed E-state index contributed by atoms with van der Waals surface area (Å²) in [5.74, 6) is 0.599. The molecule has 6 heteroatoms. The van der Waals surface area contributed by atoms with E-state index in [4.69, 9.17) is 5.73 Å². The molecule has 104 valence electrons. The third-order valence-corrected chi connectivity index (χ3v) is 5.89. The predicted octanol–water partition coefficient (Wildman–Crippen LogP) is 2.23. The van der Waals surface area contributed by atoms with Crippen molar-refractivity contribution in [2.45, 2.75) is 44.4 Å². The van der Waals surface area contributed by atoms with Gasteiger partial charge in [0.05, 0.1) is 0 Å². The summed E-state index contributed by atoms with van der Waals surface area (Å²) in [6.07, 6.45) is 1.89. The molecule has 0 saturated heterocycles. The molecule has 1 heterocycles. The molecule has 1 aromatic heterocycles. The second kappa shape index (κ2) is 6.65. The molecule has 0 unspecified atom stereocenters. The minimum absolute atomic E-state index is 0.366. The summed E-state index contributed by atoms with van der Waals surface area (Å²) in [4.78, 5) is 0.928. The van der Waals surface area contributed by atoms with Crippen molar-refractivity contribution in [1.82, 2.24) is 4.72 Å². The maximum atomic E-state index is 12.0. The molecule has 1 rings (SSSR count). The van der Waals surface area contributed by atoms with Crippen LogP contribution in [0.25, 0.3) is 0 Å². The number of sulfonamides is 1. The van der Waals surface area contributed by atoms with Crippen LogP contribution in [0.2, 0.25) is 0 Å². The Morgan fingerprint density at radius 2 is 2.11 bits per heavy atom. The molecule has 0 aliphatic rings. The van der Waals surface area contributed by atoms with E-state index in [1.54, 1.807) is 6.07 Å². The fraction of sp³-hybridized carbons (Fsp3) is 0.667. The van der Waals surface area contributed by atoms with Gasteiger partial charge in [0.2, 0.25) is 10.0 Å². The van der Waals surface area contributed by atoms with E-state index >= 15 is 0 Å². The van der Waals surface area contributed by atoms with Crippen molar-refractivity contribution in [2.24, 2.45) is 11.7 Å². The normalized spacial score (nSPS) is 12.3. The highest BCUT2D eigenvalue weighted by Gasteiger charge is 2.17. The van der Waals surface area contributed by atoms with Crippen LogP contribution in [-0.2, 0) is 16.6 Å². The third kappa shape index (κ3) is 4.35. The first kappa shape index (κ1) is 15.6. The minimum Gasteiger partial charge on any atom is -0.326 e. The average Bonchev–Trinajstić information content (AvgIpc) is 2.66. The van der Waals surface area contributed by atoms with E-state index in [9.17, 15) is 8.42 Å². The standard InChI is InChI=1S/C12H22N2O2S2/c1-9(2)5-4-6-14-18(15,16)12-7-10(3)11(8-13)17-12/h7,9,14H,4-6,8,13H2,1-3H3. The topological polar surface area (TPSA) is 72.2 Å². The molecule has 0 amide bonds. The Hall–Kier alpha value is -0.430. The van der Waals surface area contributed by atoms with Gasteiger partial charge in [-0.3, -0.25) is 0 Å². The smallest absolute Gasteiger partial charge is 0.250 e. The Labute approximate surface area is 114 Å². The molecule has 0 spiro atoms. The first-order valence-corrected chi connectivity index (χ1v) is 8.46. The molecule has 0 aromatic carbocycles. The van der Waals surface area contributed by atoms with Crippen molar-refractivity contribution in [1.29, 1.82) is 0 Å². The SMILES string of the molecule is Cc1cc(S(=O)(=O)NCCCC(C)C)sc1CN. The zero-order valence-electron chi connectivity index (χ0n) is 11.2. The Balaban J connectivity index is 2.62. The van der Waals surface area contributed by atoms with Gasteiger partial charge in [0.1, 0.15) is 4.21 Å². The van der Waals surface area contributed by atoms with Crippen LogP contribution in [0.5, 0.6) is 0 Å². The van der Waals surface area contributed by atoms with Gasteiger partial charge in [0.25, 0.3) is 0 Å². The fourth-order valence-electron chi connectivity index (χ4n) is 1.61. The Morgan fingerprint density at radius 3 is 2.61 bits per heavy atom. The van der Waals surface area contributed by atoms with E-state index in [1.165, 1.54) is 11.3 Å². The molecule has 1 aromatic rings. The first-order valence-electron chi connectivity index (χ1n) is 6.16. The molecule has 0 saturated carbocycles. The third-order valence-electron chi connectivity index (χ3n) is 2.70. The van der Waals surface area contributed by atoms with Crippen LogP contribution in [0.4, 0.5) is 0 Å². The molecular formula is C12H22N2O2S2. The predicted molar refractivity (Wildman–Crippen MR) is 76.2 cm³/mol. The van der Waals surface area contributed by atoms with Crippen molar-refractivity contribution in [3.05, 3.63) is 16.5 Å². The Bertz CT molecular complexity index is 478. The zero-order chi connectivity index (χ0) is 13.8. The molecule has 0 aliphatic heterocycles. The lowest BCUT2D eigenvalue weighted by Gasteiger charge is -2.06.